The first-order valence-corrected chi connectivity index (χ1v) is 14.1. The van der Waals surface area contributed by atoms with Gasteiger partial charge in [-0.05, 0) is 69.2 Å². The molecule has 198 valence electrons. The number of carbonyl (C=O) groups excluding carboxylic acids is 1. The maximum Gasteiger partial charge on any atom is 0.254 e. The minimum atomic E-state index is 0.0308. The van der Waals surface area contributed by atoms with Gasteiger partial charge in [-0.25, -0.2) is 9.97 Å². The molecule has 1 amide bonds. The van der Waals surface area contributed by atoms with E-state index in [1.807, 2.05) is 21.4 Å². The number of hydrogen-bond acceptors (Lipinski definition) is 5. The van der Waals surface area contributed by atoms with Crippen LogP contribution in [0.25, 0.3) is 28.1 Å². The molecule has 1 aliphatic carbocycles. The number of carbonyl (C=O) groups is 1. The topological polar surface area (TPSA) is 90.7 Å². The van der Waals surface area contributed by atoms with Gasteiger partial charge in [-0.1, -0.05) is 19.8 Å². The second-order valence-corrected chi connectivity index (χ2v) is 11.4. The lowest BCUT2D eigenvalue weighted by Gasteiger charge is -2.23. The molecule has 4 aromatic rings. The van der Waals surface area contributed by atoms with Crippen LogP contribution in [0.4, 0.5) is 0 Å². The van der Waals surface area contributed by atoms with E-state index in [9.17, 15) is 4.79 Å². The predicted octanol–water partition coefficient (Wildman–Crippen LogP) is 4.73. The largest absolute Gasteiger partial charge is 0.482 e. The van der Waals surface area contributed by atoms with E-state index < -0.39 is 0 Å². The predicted molar refractivity (Wildman–Crippen MR) is 147 cm³/mol. The van der Waals surface area contributed by atoms with Gasteiger partial charge in [0.05, 0.1) is 18.5 Å². The highest BCUT2D eigenvalue weighted by atomic mass is 16.5. The molecule has 2 N–H and O–H groups in total. The van der Waals surface area contributed by atoms with Gasteiger partial charge in [-0.2, -0.15) is 0 Å². The fourth-order valence-electron chi connectivity index (χ4n) is 6.80. The van der Waals surface area contributed by atoms with E-state index in [1.54, 1.807) is 7.11 Å². The second-order valence-electron chi connectivity index (χ2n) is 11.4. The van der Waals surface area contributed by atoms with Crippen molar-refractivity contribution in [1.82, 2.24) is 23.8 Å². The summed E-state index contributed by atoms with van der Waals surface area (Å²) in [6.07, 6.45) is 7.63. The minimum absolute atomic E-state index is 0.0308. The van der Waals surface area contributed by atoms with Gasteiger partial charge in [0.25, 0.3) is 5.91 Å². The van der Waals surface area contributed by atoms with Crippen LogP contribution < -0.4 is 10.5 Å². The van der Waals surface area contributed by atoms with Gasteiger partial charge in [0.15, 0.2) is 5.88 Å². The van der Waals surface area contributed by atoms with Gasteiger partial charge < -0.3 is 19.9 Å². The molecule has 0 radical (unpaired) electrons. The molecule has 3 fully saturated rings. The number of aryl methyl sites for hydroxylation is 3. The number of ether oxygens (including phenoxy) is 1. The molecule has 1 saturated carbocycles. The average molecular weight is 513 g/mol. The Morgan fingerprint density at radius 1 is 1.13 bits per heavy atom. The van der Waals surface area contributed by atoms with Crippen molar-refractivity contribution in [3.05, 3.63) is 47.3 Å². The van der Waals surface area contributed by atoms with Crippen LogP contribution in [-0.2, 0) is 13.0 Å². The Morgan fingerprint density at radius 3 is 2.66 bits per heavy atom. The van der Waals surface area contributed by atoms with Crippen LogP contribution in [-0.4, -0.2) is 55.0 Å². The van der Waals surface area contributed by atoms with Crippen molar-refractivity contribution in [3.8, 4) is 17.3 Å². The van der Waals surface area contributed by atoms with Crippen LogP contribution in [0.1, 0.15) is 67.2 Å². The number of nitrogens with zero attached hydrogens (tertiary/aromatic N) is 5. The number of hydrogen-bond donors (Lipinski definition) is 1. The van der Waals surface area contributed by atoms with Crippen LogP contribution in [0.2, 0.25) is 0 Å². The van der Waals surface area contributed by atoms with Crippen molar-refractivity contribution >= 4 is 22.6 Å². The van der Waals surface area contributed by atoms with E-state index in [1.165, 1.54) is 12.8 Å². The van der Waals surface area contributed by atoms with Gasteiger partial charge in [0.2, 0.25) is 0 Å². The van der Waals surface area contributed by atoms with Crippen molar-refractivity contribution in [2.75, 3.05) is 7.11 Å². The number of aromatic nitrogens is 4. The van der Waals surface area contributed by atoms with Crippen molar-refractivity contribution in [3.63, 3.8) is 0 Å². The summed E-state index contributed by atoms with van der Waals surface area (Å²) < 4.78 is 10.2. The number of nitrogens with two attached hydrogens (primary N) is 1. The normalized spacial score (nSPS) is 22.7. The molecule has 8 heteroatoms. The molecule has 2 saturated heterocycles. The Labute approximate surface area is 222 Å². The number of fused-ring (bicyclic) bond motifs is 4. The average Bonchev–Trinajstić information content (AvgIpc) is 3.27. The zero-order chi connectivity index (χ0) is 26.1. The summed E-state index contributed by atoms with van der Waals surface area (Å²) in [5, 5.41) is 1.13. The summed E-state index contributed by atoms with van der Waals surface area (Å²) in [7, 11) is 1.65. The van der Waals surface area contributed by atoms with E-state index in [0.29, 0.717) is 11.4 Å². The highest BCUT2D eigenvalue weighted by Crippen LogP contribution is 2.39. The standard InChI is InChI=1S/C30H36N6O2/c1-4-21-8-7-19-13-25(34(29(19)32-21)12-11-18-5-6-18)28-17(2)35-26(33-28)14-20(15-27(35)38-3)30(37)36-22-9-10-24(36)23(31)16-22/h7-8,13-15,18,22-24H,4-6,9-12,16,31H2,1-3H3/t22-,23+,24+/m0/s1. The molecule has 0 unspecified atom stereocenters. The quantitative estimate of drug-likeness (QED) is 0.386. The maximum absolute atomic E-state index is 13.7. The van der Waals surface area contributed by atoms with Crippen LogP contribution in [0, 0.1) is 12.8 Å². The number of rotatable bonds is 7. The molecule has 8 nitrogen and oxygen atoms in total. The highest BCUT2D eigenvalue weighted by molar-refractivity contribution is 5.96. The first kappa shape index (κ1) is 23.7. The zero-order valence-corrected chi connectivity index (χ0v) is 22.5. The third-order valence-electron chi connectivity index (χ3n) is 9.06. The molecule has 3 aliphatic rings. The van der Waals surface area contributed by atoms with Crippen LogP contribution in [0.3, 0.4) is 0 Å². The van der Waals surface area contributed by atoms with E-state index >= 15 is 0 Å². The lowest BCUT2D eigenvalue weighted by atomic mass is 9.97. The molecule has 38 heavy (non-hydrogen) atoms. The van der Waals surface area contributed by atoms with Crippen LogP contribution >= 0.6 is 0 Å². The summed E-state index contributed by atoms with van der Waals surface area (Å²) in [5.74, 6) is 1.47. The smallest absolute Gasteiger partial charge is 0.254 e. The monoisotopic (exact) mass is 512 g/mol. The lowest BCUT2D eigenvalue weighted by molar-refractivity contribution is 0.0726. The van der Waals surface area contributed by atoms with E-state index in [4.69, 9.17) is 20.4 Å². The lowest BCUT2D eigenvalue weighted by Crippen LogP contribution is -2.40. The Bertz CT molecular complexity index is 1560. The molecule has 0 aromatic carbocycles. The van der Waals surface area contributed by atoms with Gasteiger partial charge in [0, 0.05) is 47.4 Å². The Hall–Kier alpha value is -3.39. The third-order valence-corrected chi connectivity index (χ3v) is 9.06. The summed E-state index contributed by atoms with van der Waals surface area (Å²) in [4.78, 5) is 25.8. The molecule has 2 bridgehead atoms. The van der Waals surface area contributed by atoms with Crippen LogP contribution in [0.15, 0.2) is 30.3 Å². The summed E-state index contributed by atoms with van der Waals surface area (Å²) in [5.41, 5.74) is 12.8. The van der Waals surface area contributed by atoms with Crippen LogP contribution in [0.5, 0.6) is 5.88 Å². The highest BCUT2D eigenvalue weighted by Gasteiger charge is 2.47. The summed E-state index contributed by atoms with van der Waals surface area (Å²) >= 11 is 0. The first-order valence-electron chi connectivity index (χ1n) is 14.1. The maximum atomic E-state index is 13.7. The number of imidazole rings is 1. The Balaban J connectivity index is 1.34. The molecule has 7 rings (SSSR count). The van der Waals surface area contributed by atoms with Crippen molar-refractivity contribution in [1.29, 1.82) is 0 Å². The number of methoxy groups -OCH3 is 1. The summed E-state index contributed by atoms with van der Waals surface area (Å²) in [6.45, 7) is 5.15. The fraction of sp³-hybridized carbons (Fsp3) is 0.500. The number of pyridine rings is 2. The Morgan fingerprint density at radius 2 is 1.97 bits per heavy atom. The SMILES string of the molecule is CCc1ccc2cc(-c3nc4cc(C(=O)N5[C@H]6CC[C@@H]5[C@H](N)C6)cc(OC)n4c3C)n(CCC3CC3)c2n1. The number of amides is 1. The van der Waals surface area contributed by atoms with E-state index in [0.717, 1.165) is 84.0 Å². The van der Waals surface area contributed by atoms with Crippen molar-refractivity contribution in [2.24, 2.45) is 11.7 Å². The van der Waals surface area contributed by atoms with Gasteiger partial charge >= 0.3 is 0 Å². The van der Waals surface area contributed by atoms with E-state index in [-0.39, 0.29) is 24.0 Å². The molecule has 4 aromatic heterocycles. The molecular formula is C30H36N6O2. The molecule has 3 atom stereocenters. The molecule has 6 heterocycles. The fourth-order valence-corrected chi connectivity index (χ4v) is 6.80. The molecule has 2 aliphatic heterocycles. The first-order chi connectivity index (χ1) is 18.5. The van der Waals surface area contributed by atoms with Gasteiger partial charge in [0.1, 0.15) is 17.0 Å². The zero-order valence-electron chi connectivity index (χ0n) is 22.5. The van der Waals surface area contributed by atoms with Crippen molar-refractivity contribution in [2.45, 2.75) is 83.5 Å². The third kappa shape index (κ3) is 3.64. The Kier molecular flexibility index (Phi) is 5.51. The van der Waals surface area contributed by atoms with Gasteiger partial charge in [-0.15, -0.1) is 0 Å². The second kappa shape index (κ2) is 8.83. The van der Waals surface area contributed by atoms with Gasteiger partial charge in [-0.3, -0.25) is 9.20 Å². The minimum Gasteiger partial charge on any atom is -0.482 e. The van der Waals surface area contributed by atoms with Crippen molar-refractivity contribution < 1.29 is 9.53 Å². The molecular weight excluding hydrogens is 476 g/mol. The summed E-state index contributed by atoms with van der Waals surface area (Å²) in [6, 6.07) is 10.7. The van der Waals surface area contributed by atoms with E-state index in [2.05, 4.69) is 36.6 Å². The molecule has 0 spiro atoms.